The average Bonchev–Trinajstić information content (AvgIpc) is 3.35. The quantitative estimate of drug-likeness (QED) is 0.812. The molecule has 5 aliphatic rings. The fourth-order valence-electron chi connectivity index (χ4n) is 6.34. The van der Waals surface area contributed by atoms with Crippen LogP contribution in [0.25, 0.3) is 10.9 Å². The summed E-state index contributed by atoms with van der Waals surface area (Å²) in [7, 11) is 0. The Morgan fingerprint density at radius 3 is 2.76 bits per heavy atom. The third kappa shape index (κ3) is 2.95. The molecule has 3 heterocycles. The maximum Gasteiger partial charge on any atom is 0.223 e. The lowest BCUT2D eigenvalue weighted by Gasteiger charge is -2.59. The Morgan fingerprint density at radius 1 is 1.31 bits per heavy atom. The summed E-state index contributed by atoms with van der Waals surface area (Å²) in [6, 6.07) is 6.45. The molecule has 1 aromatic heterocycles. The number of hydrogen-bond donors (Lipinski definition) is 2. The Balaban J connectivity index is 1.24. The molecule has 2 aliphatic heterocycles. The summed E-state index contributed by atoms with van der Waals surface area (Å²) < 4.78 is 6.11. The predicted molar refractivity (Wildman–Crippen MR) is 109 cm³/mol. The Morgan fingerprint density at radius 2 is 2.07 bits per heavy atom. The summed E-state index contributed by atoms with van der Waals surface area (Å²) in [5, 5.41) is 19.5. The number of H-pyrrole nitrogens is 1. The molecule has 2 N–H and O–H groups in total. The largest absolute Gasteiger partial charge is 0.490 e. The fraction of sp³-hybridized carbons (Fsp3) is 0.652. The van der Waals surface area contributed by atoms with Gasteiger partial charge in [-0.05, 0) is 63.0 Å². The summed E-state index contributed by atoms with van der Waals surface area (Å²) in [5.41, 5.74) is 1.37. The van der Waals surface area contributed by atoms with Gasteiger partial charge >= 0.3 is 0 Å². The molecule has 3 aliphatic carbocycles. The monoisotopic (exact) mass is 395 g/mol. The normalized spacial score (nSPS) is 34.0. The van der Waals surface area contributed by atoms with Gasteiger partial charge in [0.15, 0.2) is 0 Å². The van der Waals surface area contributed by atoms with Crippen LogP contribution in [-0.4, -0.2) is 49.9 Å². The Bertz CT molecular complexity index is 949. The average molecular weight is 396 g/mol. The number of aromatic nitrogens is 2. The van der Waals surface area contributed by atoms with E-state index in [0.29, 0.717) is 18.4 Å². The van der Waals surface area contributed by atoms with Gasteiger partial charge in [-0.25, -0.2) is 0 Å². The molecule has 2 saturated heterocycles. The van der Waals surface area contributed by atoms with Crippen LogP contribution in [0.1, 0.15) is 69.9 Å². The molecule has 0 spiro atoms. The fourth-order valence-corrected chi connectivity index (χ4v) is 6.34. The highest BCUT2D eigenvalue weighted by molar-refractivity contribution is 5.89. The van der Waals surface area contributed by atoms with Crippen LogP contribution in [0.2, 0.25) is 0 Å². The summed E-state index contributed by atoms with van der Waals surface area (Å²) in [4.78, 5) is 15.4. The van der Waals surface area contributed by atoms with Crippen molar-refractivity contribution in [3.63, 3.8) is 0 Å². The lowest BCUT2D eigenvalue weighted by Crippen LogP contribution is -2.65. The Kier molecular flexibility index (Phi) is 3.80. The van der Waals surface area contributed by atoms with Gasteiger partial charge in [-0.15, -0.1) is 0 Å². The lowest BCUT2D eigenvalue weighted by atomic mass is 9.61. The zero-order valence-corrected chi connectivity index (χ0v) is 16.9. The number of carbonyl (C=O) groups excluding carboxylic acids is 1. The van der Waals surface area contributed by atoms with E-state index in [9.17, 15) is 9.90 Å². The van der Waals surface area contributed by atoms with Crippen molar-refractivity contribution in [3.8, 4) is 5.75 Å². The molecule has 154 valence electrons. The highest BCUT2D eigenvalue weighted by Gasteiger charge is 2.55. The summed E-state index contributed by atoms with van der Waals surface area (Å²) in [5.74, 6) is 1.70. The number of carbonyl (C=O) groups is 1. The van der Waals surface area contributed by atoms with E-state index in [0.717, 1.165) is 67.3 Å². The smallest absolute Gasteiger partial charge is 0.223 e. The van der Waals surface area contributed by atoms with Crippen LogP contribution in [0.4, 0.5) is 0 Å². The van der Waals surface area contributed by atoms with Crippen LogP contribution in [-0.2, 0) is 4.79 Å². The van der Waals surface area contributed by atoms with Crippen molar-refractivity contribution in [2.45, 2.75) is 88.0 Å². The van der Waals surface area contributed by atoms with E-state index in [-0.39, 0.29) is 23.9 Å². The predicted octanol–water partition coefficient (Wildman–Crippen LogP) is 3.50. The number of aromatic amines is 1. The van der Waals surface area contributed by atoms with E-state index in [1.807, 2.05) is 18.2 Å². The van der Waals surface area contributed by atoms with E-state index < -0.39 is 5.60 Å². The molecule has 29 heavy (non-hydrogen) atoms. The molecular weight excluding hydrogens is 366 g/mol. The Hall–Kier alpha value is -2.08. The number of fused-ring (bicyclic) bond motifs is 1. The molecule has 0 radical (unpaired) electrons. The number of aliphatic hydroxyl groups is 1. The number of nitrogens with one attached hydrogen (secondary N) is 1. The maximum absolute atomic E-state index is 13.3. The molecule has 1 aromatic carbocycles. The van der Waals surface area contributed by atoms with Crippen molar-refractivity contribution in [2.75, 3.05) is 0 Å². The van der Waals surface area contributed by atoms with E-state index in [1.165, 1.54) is 0 Å². The summed E-state index contributed by atoms with van der Waals surface area (Å²) >= 11 is 0. The molecule has 1 amide bonds. The first-order valence-electron chi connectivity index (χ1n) is 11.2. The number of ether oxygens (including phenoxy) is 1. The zero-order valence-electron chi connectivity index (χ0n) is 16.9. The number of benzene rings is 1. The minimum absolute atomic E-state index is 0.0143. The third-order valence-corrected chi connectivity index (χ3v) is 7.53. The second kappa shape index (κ2) is 6.21. The van der Waals surface area contributed by atoms with Crippen molar-refractivity contribution < 1.29 is 14.6 Å². The van der Waals surface area contributed by atoms with Gasteiger partial charge in [0.2, 0.25) is 5.91 Å². The van der Waals surface area contributed by atoms with E-state index in [4.69, 9.17) is 4.74 Å². The summed E-state index contributed by atoms with van der Waals surface area (Å²) in [6.45, 7) is 2.09. The van der Waals surface area contributed by atoms with Crippen LogP contribution in [0.3, 0.4) is 0 Å². The number of rotatable bonds is 5. The molecule has 5 fully saturated rings. The van der Waals surface area contributed by atoms with Gasteiger partial charge in [0.1, 0.15) is 5.75 Å². The third-order valence-electron chi connectivity index (χ3n) is 7.53. The number of amides is 1. The van der Waals surface area contributed by atoms with Crippen molar-refractivity contribution >= 4 is 16.8 Å². The first-order chi connectivity index (χ1) is 14.0. The van der Waals surface area contributed by atoms with Crippen molar-refractivity contribution in [1.29, 1.82) is 0 Å². The lowest BCUT2D eigenvalue weighted by molar-refractivity contribution is -0.174. The summed E-state index contributed by atoms with van der Waals surface area (Å²) in [6.07, 6.45) is 7.56. The van der Waals surface area contributed by atoms with E-state index >= 15 is 0 Å². The molecule has 7 rings (SSSR count). The Labute approximate surface area is 170 Å². The van der Waals surface area contributed by atoms with E-state index in [2.05, 4.69) is 22.0 Å². The number of hydrogen-bond acceptors (Lipinski definition) is 4. The van der Waals surface area contributed by atoms with Gasteiger partial charge in [-0.3, -0.25) is 9.89 Å². The SMILES string of the molecule is CC(CC(=O)N1C2CC3CC1CC(O)(C3)C2)c1n[nH]c2cccc(OC3CC3)c12. The highest BCUT2D eigenvalue weighted by Crippen LogP contribution is 2.51. The molecule has 6 heteroatoms. The minimum atomic E-state index is -0.521. The topological polar surface area (TPSA) is 78.5 Å². The van der Waals surface area contributed by atoms with Gasteiger partial charge in [0.05, 0.1) is 28.3 Å². The van der Waals surface area contributed by atoms with Gasteiger partial charge in [0, 0.05) is 24.4 Å². The minimum Gasteiger partial charge on any atom is -0.490 e. The van der Waals surface area contributed by atoms with E-state index in [1.54, 1.807) is 0 Å². The number of nitrogens with zero attached hydrogens (tertiary/aromatic N) is 2. The van der Waals surface area contributed by atoms with Crippen molar-refractivity contribution in [3.05, 3.63) is 23.9 Å². The van der Waals surface area contributed by atoms with Crippen molar-refractivity contribution in [1.82, 2.24) is 15.1 Å². The molecule has 4 bridgehead atoms. The van der Waals surface area contributed by atoms with Crippen LogP contribution >= 0.6 is 0 Å². The van der Waals surface area contributed by atoms with Crippen molar-refractivity contribution in [2.24, 2.45) is 5.92 Å². The highest BCUT2D eigenvalue weighted by atomic mass is 16.5. The first-order valence-corrected chi connectivity index (χ1v) is 11.2. The first kappa shape index (κ1) is 17.8. The molecule has 3 atom stereocenters. The molecular formula is C23H29N3O3. The second-order valence-electron chi connectivity index (χ2n) is 9.99. The molecule has 3 unspecified atom stereocenters. The standard InChI is InChI=1S/C23H29N3O3/c1-13(22-21-18(24-25-22)3-2-4-19(21)29-17-5-6-17)7-20(27)26-15-8-14-9-16(26)12-23(28,10-14)11-15/h2-4,13-17,28H,5-12H2,1H3,(H,24,25). The van der Waals surface area contributed by atoms with Gasteiger partial charge in [-0.2, -0.15) is 5.10 Å². The second-order valence-corrected chi connectivity index (χ2v) is 9.99. The van der Waals surface area contributed by atoms with Crippen LogP contribution < -0.4 is 4.74 Å². The van der Waals surface area contributed by atoms with Gasteiger partial charge in [-0.1, -0.05) is 13.0 Å². The van der Waals surface area contributed by atoms with Crippen LogP contribution in [0, 0.1) is 5.92 Å². The van der Waals surface area contributed by atoms with Crippen LogP contribution in [0.5, 0.6) is 5.75 Å². The molecule has 2 aromatic rings. The van der Waals surface area contributed by atoms with Crippen LogP contribution in [0.15, 0.2) is 18.2 Å². The molecule has 3 saturated carbocycles. The van der Waals surface area contributed by atoms with Gasteiger partial charge < -0.3 is 14.7 Å². The number of piperidine rings is 2. The maximum atomic E-state index is 13.3. The zero-order chi connectivity index (χ0) is 19.8. The van der Waals surface area contributed by atoms with Gasteiger partial charge in [0.25, 0.3) is 0 Å². The molecule has 6 nitrogen and oxygen atoms in total.